The molecule has 1 aromatic carbocycles. The van der Waals surface area contributed by atoms with Gasteiger partial charge in [0.05, 0.1) is 13.2 Å². The Morgan fingerprint density at radius 1 is 1.33 bits per heavy atom. The van der Waals surface area contributed by atoms with Gasteiger partial charge in [-0.05, 0) is 6.07 Å². The number of halogens is 4. The molecule has 1 atom stereocenters. The van der Waals surface area contributed by atoms with E-state index >= 15 is 0 Å². The van der Waals surface area contributed by atoms with Crippen molar-refractivity contribution >= 4 is 0 Å². The molecular weight excluding hydrogens is 250 g/mol. The zero-order valence-corrected chi connectivity index (χ0v) is 9.51. The van der Waals surface area contributed by atoms with Gasteiger partial charge < -0.3 is 10.1 Å². The lowest BCUT2D eigenvalue weighted by Crippen LogP contribution is -2.41. The maximum absolute atomic E-state index is 12.8. The second-order valence-electron chi connectivity index (χ2n) is 4.17. The van der Waals surface area contributed by atoms with Crippen LogP contribution in [0.25, 0.3) is 0 Å². The molecule has 1 aromatic rings. The van der Waals surface area contributed by atoms with Crippen molar-refractivity contribution in [3.8, 4) is 5.75 Å². The van der Waals surface area contributed by atoms with E-state index in [0.717, 1.165) is 5.56 Å². The summed E-state index contributed by atoms with van der Waals surface area (Å²) < 4.78 is 55.1. The van der Waals surface area contributed by atoms with Crippen LogP contribution in [-0.2, 0) is 0 Å². The van der Waals surface area contributed by atoms with Gasteiger partial charge >= 0.3 is 12.3 Å². The topological polar surface area (TPSA) is 21.3 Å². The SMILES string of the molecule is FC(F)C(F)(F)CNC1CCOc2ccccc21. The molecule has 2 rings (SSSR count). The maximum atomic E-state index is 12.8. The minimum absolute atomic E-state index is 0.375. The van der Waals surface area contributed by atoms with E-state index in [2.05, 4.69) is 5.32 Å². The molecule has 1 heterocycles. The van der Waals surface area contributed by atoms with Gasteiger partial charge in [0.2, 0.25) is 0 Å². The Labute approximate surface area is 102 Å². The van der Waals surface area contributed by atoms with Crippen molar-refractivity contribution in [3.63, 3.8) is 0 Å². The van der Waals surface area contributed by atoms with Crippen LogP contribution in [0.15, 0.2) is 24.3 Å². The summed E-state index contributed by atoms with van der Waals surface area (Å²) in [5.41, 5.74) is 0.730. The van der Waals surface area contributed by atoms with Crippen LogP contribution in [-0.4, -0.2) is 25.5 Å². The Morgan fingerprint density at radius 2 is 2.06 bits per heavy atom. The summed E-state index contributed by atoms with van der Waals surface area (Å²) >= 11 is 0. The highest BCUT2D eigenvalue weighted by atomic mass is 19.3. The molecule has 0 amide bonds. The lowest BCUT2D eigenvalue weighted by molar-refractivity contribution is -0.126. The highest BCUT2D eigenvalue weighted by Gasteiger charge is 2.41. The monoisotopic (exact) mass is 263 g/mol. The van der Waals surface area contributed by atoms with E-state index in [1.54, 1.807) is 24.3 Å². The van der Waals surface area contributed by atoms with E-state index in [1.807, 2.05) is 0 Å². The van der Waals surface area contributed by atoms with Gasteiger partial charge in [-0.25, -0.2) is 8.78 Å². The van der Waals surface area contributed by atoms with Crippen molar-refractivity contribution in [2.75, 3.05) is 13.2 Å². The Bertz CT molecular complexity index is 411. The summed E-state index contributed by atoms with van der Waals surface area (Å²) in [5.74, 6) is -3.39. The van der Waals surface area contributed by atoms with Crippen molar-refractivity contribution in [1.29, 1.82) is 0 Å². The van der Waals surface area contributed by atoms with Gasteiger partial charge in [0, 0.05) is 18.0 Å². The molecule has 1 N–H and O–H groups in total. The third-order valence-electron chi connectivity index (χ3n) is 2.86. The predicted molar refractivity (Wildman–Crippen MR) is 58.2 cm³/mol. The molecular formula is C12H13F4NO. The van der Waals surface area contributed by atoms with Crippen molar-refractivity contribution in [3.05, 3.63) is 29.8 Å². The average molecular weight is 263 g/mol. The Morgan fingerprint density at radius 3 is 2.78 bits per heavy atom. The van der Waals surface area contributed by atoms with Gasteiger partial charge in [-0.2, -0.15) is 8.78 Å². The van der Waals surface area contributed by atoms with E-state index in [1.165, 1.54) is 0 Å². The number of hydrogen-bond donors (Lipinski definition) is 1. The molecule has 0 fully saturated rings. The first kappa shape index (κ1) is 13.1. The lowest BCUT2D eigenvalue weighted by atomic mass is 10.0. The van der Waals surface area contributed by atoms with Crippen LogP contribution >= 0.6 is 0 Å². The van der Waals surface area contributed by atoms with E-state index < -0.39 is 18.9 Å². The third-order valence-corrected chi connectivity index (χ3v) is 2.86. The highest BCUT2D eigenvalue weighted by Crippen LogP contribution is 2.32. The first-order valence-electron chi connectivity index (χ1n) is 5.62. The van der Waals surface area contributed by atoms with Crippen LogP contribution in [0.3, 0.4) is 0 Å². The van der Waals surface area contributed by atoms with Gasteiger partial charge in [-0.15, -0.1) is 0 Å². The fourth-order valence-corrected chi connectivity index (χ4v) is 1.89. The predicted octanol–water partition coefficient (Wildman–Crippen LogP) is 3.00. The van der Waals surface area contributed by atoms with Crippen molar-refractivity contribution in [2.45, 2.75) is 24.8 Å². The molecule has 0 radical (unpaired) electrons. The number of hydrogen-bond acceptors (Lipinski definition) is 2. The van der Waals surface area contributed by atoms with Crippen molar-refractivity contribution < 1.29 is 22.3 Å². The average Bonchev–Trinajstić information content (AvgIpc) is 2.36. The summed E-state index contributed by atoms with van der Waals surface area (Å²) in [6.07, 6.45) is -3.17. The fourth-order valence-electron chi connectivity index (χ4n) is 1.89. The van der Waals surface area contributed by atoms with Crippen LogP contribution in [0.2, 0.25) is 0 Å². The first-order valence-corrected chi connectivity index (χ1v) is 5.62. The molecule has 0 saturated carbocycles. The quantitative estimate of drug-likeness (QED) is 0.843. The second kappa shape index (κ2) is 5.14. The molecule has 2 nitrogen and oxygen atoms in total. The van der Waals surface area contributed by atoms with Crippen molar-refractivity contribution in [1.82, 2.24) is 5.32 Å². The molecule has 0 spiro atoms. The van der Waals surface area contributed by atoms with Crippen LogP contribution in [0.1, 0.15) is 18.0 Å². The van der Waals surface area contributed by atoms with Crippen LogP contribution in [0.4, 0.5) is 17.6 Å². The van der Waals surface area contributed by atoms with E-state index in [0.29, 0.717) is 18.8 Å². The van der Waals surface area contributed by atoms with Crippen LogP contribution in [0, 0.1) is 0 Å². The molecule has 0 bridgehead atoms. The van der Waals surface area contributed by atoms with Gasteiger partial charge in [0.25, 0.3) is 0 Å². The van der Waals surface area contributed by atoms with E-state index in [9.17, 15) is 17.6 Å². The molecule has 0 aromatic heterocycles. The Hall–Kier alpha value is -1.30. The van der Waals surface area contributed by atoms with Gasteiger partial charge in [-0.1, -0.05) is 18.2 Å². The summed E-state index contributed by atoms with van der Waals surface area (Å²) in [5, 5.41) is 2.49. The normalized spacial score (nSPS) is 19.5. The molecule has 1 unspecified atom stereocenters. The maximum Gasteiger partial charge on any atom is 0.319 e. The highest BCUT2D eigenvalue weighted by molar-refractivity contribution is 5.37. The molecule has 1 aliphatic heterocycles. The smallest absolute Gasteiger partial charge is 0.319 e. The number of nitrogens with one attached hydrogen (secondary N) is 1. The van der Waals surface area contributed by atoms with E-state index in [-0.39, 0.29) is 6.04 Å². The standard InChI is InChI=1S/C12H13F4NO/c13-11(14)12(15,16)7-17-9-5-6-18-10-4-2-1-3-8(9)10/h1-4,9,11,17H,5-7H2. The Balaban J connectivity index is 2.04. The number of benzene rings is 1. The molecule has 0 aliphatic carbocycles. The molecule has 18 heavy (non-hydrogen) atoms. The molecule has 100 valence electrons. The third kappa shape index (κ3) is 2.75. The van der Waals surface area contributed by atoms with Crippen molar-refractivity contribution in [2.24, 2.45) is 0 Å². The first-order chi connectivity index (χ1) is 8.50. The summed E-state index contributed by atoms with van der Waals surface area (Å²) in [6, 6.07) is 6.63. The van der Waals surface area contributed by atoms with Gasteiger partial charge in [-0.3, -0.25) is 0 Å². The lowest BCUT2D eigenvalue weighted by Gasteiger charge is -2.28. The van der Waals surface area contributed by atoms with Gasteiger partial charge in [0.1, 0.15) is 5.75 Å². The number of alkyl halides is 4. The number of para-hydroxylation sites is 1. The largest absolute Gasteiger partial charge is 0.493 e. The molecule has 0 saturated heterocycles. The summed E-state index contributed by atoms with van der Waals surface area (Å²) in [7, 11) is 0. The van der Waals surface area contributed by atoms with E-state index in [4.69, 9.17) is 4.74 Å². The second-order valence-corrected chi connectivity index (χ2v) is 4.17. The Kier molecular flexibility index (Phi) is 3.75. The number of ether oxygens (including phenoxy) is 1. The van der Waals surface area contributed by atoms with Crippen LogP contribution < -0.4 is 10.1 Å². The summed E-state index contributed by atoms with van der Waals surface area (Å²) in [6.45, 7) is -0.654. The minimum Gasteiger partial charge on any atom is -0.493 e. The molecule has 1 aliphatic rings. The van der Waals surface area contributed by atoms with Gasteiger partial charge in [0.15, 0.2) is 0 Å². The molecule has 6 heteroatoms. The number of fused-ring (bicyclic) bond motifs is 1. The zero-order chi connectivity index (χ0) is 13.2. The number of rotatable bonds is 4. The van der Waals surface area contributed by atoms with Crippen LogP contribution in [0.5, 0.6) is 5.75 Å². The zero-order valence-electron chi connectivity index (χ0n) is 9.51. The fraction of sp³-hybridized carbons (Fsp3) is 0.500. The summed E-state index contributed by atoms with van der Waals surface area (Å²) in [4.78, 5) is 0. The minimum atomic E-state index is -4.01.